The number of hydrogen-bond acceptors (Lipinski definition) is 2. The Hall–Kier alpha value is -0.920. The van der Waals surface area contributed by atoms with Crippen LogP contribution in [-0.4, -0.2) is 11.6 Å². The molecule has 0 saturated carbocycles. The van der Waals surface area contributed by atoms with Crippen LogP contribution in [0.1, 0.15) is 27.2 Å². The highest BCUT2D eigenvalue weighted by Crippen LogP contribution is 2.21. The Bertz CT molecular complexity index is 190. The van der Waals surface area contributed by atoms with Crippen LogP contribution in [0.4, 0.5) is 0 Å². The second kappa shape index (κ2) is 3.46. The third kappa shape index (κ3) is 3.12. The maximum absolute atomic E-state index is 11.1. The van der Waals surface area contributed by atoms with Crippen molar-refractivity contribution < 1.29 is 9.59 Å². The van der Waals surface area contributed by atoms with Crippen LogP contribution in [0.3, 0.4) is 0 Å². The van der Waals surface area contributed by atoms with Crippen LogP contribution < -0.4 is 0 Å². The van der Waals surface area contributed by atoms with Gasteiger partial charge in [0.05, 0.1) is 0 Å². The summed E-state index contributed by atoms with van der Waals surface area (Å²) in [5, 5.41) is 0. The summed E-state index contributed by atoms with van der Waals surface area (Å²) >= 11 is 0. The fourth-order valence-corrected chi connectivity index (χ4v) is 0.986. The van der Waals surface area contributed by atoms with Gasteiger partial charge < -0.3 is 0 Å². The molecule has 2 nitrogen and oxygen atoms in total. The summed E-state index contributed by atoms with van der Waals surface area (Å²) in [5.74, 6) is -0.0436. The van der Waals surface area contributed by atoms with Gasteiger partial charge in [0.1, 0.15) is 5.78 Å². The summed E-state index contributed by atoms with van der Waals surface area (Å²) in [6.45, 7) is 8.35. The SMILES string of the molecule is C=CC(=O)C(C)(C)CC(C)=O. The molecular formula is C9H14O2. The van der Waals surface area contributed by atoms with Crippen molar-refractivity contribution in [3.05, 3.63) is 12.7 Å². The molecule has 0 atom stereocenters. The van der Waals surface area contributed by atoms with Crippen LogP contribution in [0.2, 0.25) is 0 Å². The highest BCUT2D eigenvalue weighted by atomic mass is 16.1. The minimum absolute atomic E-state index is 0.0326. The second-order valence-electron chi connectivity index (χ2n) is 3.33. The van der Waals surface area contributed by atoms with Gasteiger partial charge in [0.15, 0.2) is 5.78 Å². The molecule has 0 amide bonds. The van der Waals surface area contributed by atoms with Crippen LogP contribution in [0.5, 0.6) is 0 Å². The molecule has 0 aromatic rings. The number of rotatable bonds is 4. The Morgan fingerprint density at radius 3 is 2.18 bits per heavy atom. The molecule has 0 heterocycles. The molecule has 0 aliphatic rings. The molecule has 2 heteroatoms. The monoisotopic (exact) mass is 154 g/mol. The minimum atomic E-state index is -0.576. The first kappa shape index (κ1) is 10.1. The molecule has 0 aromatic carbocycles. The Morgan fingerprint density at radius 1 is 1.45 bits per heavy atom. The molecule has 0 N–H and O–H groups in total. The van der Waals surface area contributed by atoms with Gasteiger partial charge in [-0.1, -0.05) is 20.4 Å². The van der Waals surface area contributed by atoms with E-state index in [-0.39, 0.29) is 18.0 Å². The van der Waals surface area contributed by atoms with Gasteiger partial charge in [-0.3, -0.25) is 9.59 Å². The average Bonchev–Trinajstić information content (AvgIpc) is 1.83. The zero-order chi connectivity index (χ0) is 9.07. The third-order valence-corrected chi connectivity index (χ3v) is 1.54. The summed E-state index contributed by atoms with van der Waals surface area (Å²) in [6.07, 6.45) is 1.56. The standard InChI is InChI=1S/C9H14O2/c1-5-8(11)9(3,4)6-7(2)10/h5H,1,6H2,2-4H3. The molecular weight excluding hydrogens is 140 g/mol. The zero-order valence-corrected chi connectivity index (χ0v) is 7.31. The molecule has 0 aliphatic heterocycles. The van der Waals surface area contributed by atoms with E-state index in [9.17, 15) is 9.59 Å². The Morgan fingerprint density at radius 2 is 1.91 bits per heavy atom. The van der Waals surface area contributed by atoms with E-state index in [0.717, 1.165) is 0 Å². The third-order valence-electron chi connectivity index (χ3n) is 1.54. The molecule has 0 rings (SSSR count). The van der Waals surface area contributed by atoms with Gasteiger partial charge in [-0.15, -0.1) is 0 Å². The van der Waals surface area contributed by atoms with Crippen molar-refractivity contribution in [1.82, 2.24) is 0 Å². The maximum atomic E-state index is 11.1. The Kier molecular flexibility index (Phi) is 3.18. The van der Waals surface area contributed by atoms with Crippen molar-refractivity contribution in [2.45, 2.75) is 27.2 Å². The molecule has 0 saturated heterocycles. The fraction of sp³-hybridized carbons (Fsp3) is 0.556. The van der Waals surface area contributed by atoms with Gasteiger partial charge in [-0.25, -0.2) is 0 Å². The smallest absolute Gasteiger partial charge is 0.161 e. The minimum Gasteiger partial charge on any atom is -0.300 e. The van der Waals surface area contributed by atoms with Gasteiger partial charge in [-0.05, 0) is 13.0 Å². The molecule has 0 fully saturated rings. The van der Waals surface area contributed by atoms with Gasteiger partial charge >= 0.3 is 0 Å². The lowest BCUT2D eigenvalue weighted by molar-refractivity contribution is -0.128. The number of ketones is 2. The van der Waals surface area contributed by atoms with Crippen molar-refractivity contribution in [2.24, 2.45) is 5.41 Å². The molecule has 0 radical (unpaired) electrons. The Labute approximate surface area is 67.3 Å². The first-order chi connectivity index (χ1) is 4.90. The van der Waals surface area contributed by atoms with Crippen LogP contribution in [0.25, 0.3) is 0 Å². The van der Waals surface area contributed by atoms with E-state index in [2.05, 4.69) is 6.58 Å². The lowest BCUT2D eigenvalue weighted by atomic mass is 9.83. The number of hydrogen-bond donors (Lipinski definition) is 0. The van der Waals surface area contributed by atoms with E-state index in [0.29, 0.717) is 0 Å². The molecule has 62 valence electrons. The molecule has 0 unspecified atom stereocenters. The van der Waals surface area contributed by atoms with E-state index in [4.69, 9.17) is 0 Å². The van der Waals surface area contributed by atoms with E-state index in [1.54, 1.807) is 13.8 Å². The topological polar surface area (TPSA) is 34.1 Å². The number of carbonyl (C=O) groups excluding carboxylic acids is 2. The van der Waals surface area contributed by atoms with E-state index in [1.165, 1.54) is 13.0 Å². The van der Waals surface area contributed by atoms with Crippen molar-refractivity contribution >= 4 is 11.6 Å². The normalized spacial score (nSPS) is 10.8. The summed E-state index contributed by atoms with van der Waals surface area (Å²) in [4.78, 5) is 21.8. The average molecular weight is 154 g/mol. The van der Waals surface area contributed by atoms with Crippen LogP contribution in [-0.2, 0) is 9.59 Å². The summed E-state index contributed by atoms with van der Waals surface area (Å²) in [5.41, 5.74) is -0.576. The predicted octanol–water partition coefficient (Wildman–Crippen LogP) is 1.75. The number of carbonyl (C=O) groups is 2. The van der Waals surface area contributed by atoms with Crippen LogP contribution in [0, 0.1) is 5.41 Å². The van der Waals surface area contributed by atoms with Crippen LogP contribution >= 0.6 is 0 Å². The van der Waals surface area contributed by atoms with Crippen molar-refractivity contribution in [3.63, 3.8) is 0 Å². The summed E-state index contributed by atoms with van der Waals surface area (Å²) in [7, 11) is 0. The lowest BCUT2D eigenvalue weighted by Gasteiger charge is -2.18. The quantitative estimate of drug-likeness (QED) is 0.578. The van der Waals surface area contributed by atoms with Crippen LogP contribution in [0.15, 0.2) is 12.7 Å². The molecule has 0 aromatic heterocycles. The molecule has 0 spiro atoms. The number of allylic oxidation sites excluding steroid dienone is 1. The zero-order valence-electron chi connectivity index (χ0n) is 7.31. The largest absolute Gasteiger partial charge is 0.300 e. The second-order valence-corrected chi connectivity index (χ2v) is 3.33. The van der Waals surface area contributed by atoms with Gasteiger partial charge in [0, 0.05) is 11.8 Å². The first-order valence-electron chi connectivity index (χ1n) is 3.56. The summed E-state index contributed by atoms with van der Waals surface area (Å²) in [6, 6.07) is 0. The molecule has 11 heavy (non-hydrogen) atoms. The Balaban J connectivity index is 4.32. The van der Waals surface area contributed by atoms with E-state index in [1.807, 2.05) is 0 Å². The first-order valence-corrected chi connectivity index (χ1v) is 3.56. The van der Waals surface area contributed by atoms with Gasteiger partial charge in [0.25, 0.3) is 0 Å². The van der Waals surface area contributed by atoms with E-state index >= 15 is 0 Å². The van der Waals surface area contributed by atoms with Crippen molar-refractivity contribution in [2.75, 3.05) is 0 Å². The highest BCUT2D eigenvalue weighted by Gasteiger charge is 2.26. The lowest BCUT2D eigenvalue weighted by Crippen LogP contribution is -2.24. The molecule has 0 bridgehead atoms. The van der Waals surface area contributed by atoms with Gasteiger partial charge in [0.2, 0.25) is 0 Å². The number of Topliss-reactive ketones (excluding diaryl/α,β-unsaturated/α-hetero) is 1. The highest BCUT2D eigenvalue weighted by molar-refractivity contribution is 5.96. The van der Waals surface area contributed by atoms with E-state index < -0.39 is 5.41 Å². The fourth-order valence-electron chi connectivity index (χ4n) is 0.986. The van der Waals surface area contributed by atoms with Crippen molar-refractivity contribution in [1.29, 1.82) is 0 Å². The predicted molar refractivity (Wildman–Crippen MR) is 44.3 cm³/mol. The molecule has 0 aliphatic carbocycles. The van der Waals surface area contributed by atoms with Crippen molar-refractivity contribution in [3.8, 4) is 0 Å². The summed E-state index contributed by atoms with van der Waals surface area (Å²) < 4.78 is 0. The maximum Gasteiger partial charge on any atom is 0.161 e. The van der Waals surface area contributed by atoms with Gasteiger partial charge in [-0.2, -0.15) is 0 Å².